The Morgan fingerprint density at radius 1 is 0.537 bits per heavy atom. The van der Waals surface area contributed by atoms with Gasteiger partial charge < -0.3 is 15.7 Å². The third-order valence-corrected chi connectivity index (χ3v) is 11.0. The molecule has 0 radical (unpaired) electrons. The Bertz CT molecular complexity index is 1010. The van der Waals surface area contributed by atoms with E-state index in [2.05, 4.69) is 29.5 Å². The third-order valence-electron chi connectivity index (χ3n) is 11.0. The number of carbonyl (C=O) groups is 2. The van der Waals surface area contributed by atoms with Gasteiger partial charge in [0.1, 0.15) is 11.8 Å². The SMILES string of the molecule is CCCCCCCCCCCCCCCCCCNC(=O)CC[C@H](N=Cc1ccccc1O)C(=O)NCCCCCCCCCCCCCCCCCC. The van der Waals surface area contributed by atoms with Crippen molar-refractivity contribution in [2.45, 2.75) is 238 Å². The van der Waals surface area contributed by atoms with Crippen LogP contribution in [0.3, 0.4) is 0 Å². The molecule has 0 spiro atoms. The molecule has 2 amide bonds. The van der Waals surface area contributed by atoms with E-state index in [0.717, 1.165) is 25.7 Å². The summed E-state index contributed by atoms with van der Waals surface area (Å²) < 4.78 is 0. The third kappa shape index (κ3) is 31.9. The fourth-order valence-corrected chi connectivity index (χ4v) is 7.30. The van der Waals surface area contributed by atoms with Gasteiger partial charge >= 0.3 is 0 Å². The molecule has 3 N–H and O–H groups in total. The average Bonchev–Trinajstić information content (AvgIpc) is 3.17. The minimum Gasteiger partial charge on any atom is -0.507 e. The van der Waals surface area contributed by atoms with Gasteiger partial charge in [-0.25, -0.2) is 0 Å². The van der Waals surface area contributed by atoms with Crippen molar-refractivity contribution in [2.24, 2.45) is 4.99 Å². The van der Waals surface area contributed by atoms with Crippen molar-refractivity contribution in [1.82, 2.24) is 10.6 Å². The molecule has 6 heteroatoms. The van der Waals surface area contributed by atoms with Crippen LogP contribution in [-0.2, 0) is 9.59 Å². The van der Waals surface area contributed by atoms with Gasteiger partial charge in [-0.3, -0.25) is 14.6 Å². The van der Waals surface area contributed by atoms with Crippen molar-refractivity contribution in [2.75, 3.05) is 13.1 Å². The lowest BCUT2D eigenvalue weighted by molar-refractivity contribution is -0.123. The second-order valence-corrected chi connectivity index (χ2v) is 16.1. The van der Waals surface area contributed by atoms with Gasteiger partial charge in [0.2, 0.25) is 11.8 Å². The summed E-state index contributed by atoms with van der Waals surface area (Å²) in [5.74, 6) is -0.0392. The second kappa shape index (κ2) is 38.9. The van der Waals surface area contributed by atoms with Crippen LogP contribution in [0.5, 0.6) is 5.75 Å². The topological polar surface area (TPSA) is 90.8 Å². The molecule has 312 valence electrons. The molecule has 0 aliphatic carbocycles. The largest absolute Gasteiger partial charge is 0.507 e. The maximum Gasteiger partial charge on any atom is 0.244 e. The summed E-state index contributed by atoms with van der Waals surface area (Å²) >= 11 is 0. The minimum absolute atomic E-state index is 0.0238. The van der Waals surface area contributed by atoms with Gasteiger partial charge in [-0.05, 0) is 31.4 Å². The molecule has 1 atom stereocenters. The van der Waals surface area contributed by atoms with E-state index >= 15 is 0 Å². The molecule has 0 saturated heterocycles. The molecule has 0 aliphatic heterocycles. The summed E-state index contributed by atoms with van der Waals surface area (Å²) in [7, 11) is 0. The van der Waals surface area contributed by atoms with Gasteiger partial charge in [0.25, 0.3) is 0 Å². The van der Waals surface area contributed by atoms with Crippen LogP contribution in [-0.4, -0.2) is 42.3 Å². The molecule has 0 unspecified atom stereocenters. The molecule has 54 heavy (non-hydrogen) atoms. The molecule has 1 rings (SSSR count). The standard InChI is InChI=1S/C48H87N3O3/c1-3-5-7-9-11-13-15-17-19-21-23-25-27-29-31-35-41-49-47(53)40-39-45(51-43-44-37-33-34-38-46(44)52)48(54)50-42-36-32-30-28-26-24-22-20-18-16-14-12-10-8-6-4-2/h33-34,37-38,43,45,52H,3-32,35-36,39-42H2,1-2H3,(H,49,53)(H,50,54)/t45-/m0/s1. The molecule has 0 bridgehead atoms. The van der Waals surface area contributed by atoms with Crippen LogP contribution < -0.4 is 10.6 Å². The number of nitrogens with one attached hydrogen (secondary N) is 2. The van der Waals surface area contributed by atoms with E-state index in [1.165, 1.54) is 180 Å². The summed E-state index contributed by atoms with van der Waals surface area (Å²) in [4.78, 5) is 30.3. The van der Waals surface area contributed by atoms with E-state index < -0.39 is 6.04 Å². The quantitative estimate of drug-likeness (QED) is 0.0460. The van der Waals surface area contributed by atoms with Crippen LogP contribution in [0, 0.1) is 0 Å². The number of hydrogen-bond acceptors (Lipinski definition) is 4. The Kier molecular flexibility index (Phi) is 35.8. The highest BCUT2D eigenvalue weighted by molar-refractivity contribution is 5.88. The number of unbranched alkanes of at least 4 members (excludes halogenated alkanes) is 30. The van der Waals surface area contributed by atoms with Crippen molar-refractivity contribution in [3.05, 3.63) is 29.8 Å². The number of hydrogen-bond donors (Lipinski definition) is 3. The normalized spacial score (nSPS) is 12.0. The number of nitrogens with zero attached hydrogens (tertiary/aromatic N) is 1. The molecular weight excluding hydrogens is 667 g/mol. The highest BCUT2D eigenvalue weighted by atomic mass is 16.3. The number of aliphatic imine (C=N–C) groups is 1. The van der Waals surface area contributed by atoms with Crippen molar-refractivity contribution in [3.8, 4) is 5.75 Å². The molecule has 6 nitrogen and oxygen atoms in total. The first-order valence-corrected chi connectivity index (χ1v) is 23.4. The number of phenols is 1. The van der Waals surface area contributed by atoms with Crippen LogP contribution in [0.15, 0.2) is 29.3 Å². The van der Waals surface area contributed by atoms with Crippen molar-refractivity contribution < 1.29 is 14.7 Å². The number of phenolic OH excluding ortho intramolecular Hbond substituents is 1. The number of benzene rings is 1. The lowest BCUT2D eigenvalue weighted by atomic mass is 10.0. The smallest absolute Gasteiger partial charge is 0.244 e. The zero-order valence-corrected chi connectivity index (χ0v) is 35.6. The number of aromatic hydroxyl groups is 1. The fraction of sp³-hybridized carbons (Fsp3) is 0.812. The predicted octanol–water partition coefficient (Wildman–Crippen LogP) is 13.7. The first-order chi connectivity index (χ1) is 26.6. The summed E-state index contributed by atoms with van der Waals surface area (Å²) in [5.41, 5.74) is 0.570. The van der Waals surface area contributed by atoms with Gasteiger partial charge in [-0.15, -0.1) is 0 Å². The zero-order valence-electron chi connectivity index (χ0n) is 35.6. The van der Waals surface area contributed by atoms with Crippen LogP contribution >= 0.6 is 0 Å². The molecule has 0 saturated carbocycles. The number of amides is 2. The molecule has 0 heterocycles. The van der Waals surface area contributed by atoms with Crippen LogP contribution in [0.1, 0.15) is 238 Å². The Morgan fingerprint density at radius 3 is 1.28 bits per heavy atom. The van der Waals surface area contributed by atoms with Gasteiger partial charge in [-0.2, -0.15) is 0 Å². The van der Waals surface area contributed by atoms with Crippen LogP contribution in [0.2, 0.25) is 0 Å². The number of para-hydroxylation sites is 1. The van der Waals surface area contributed by atoms with Crippen molar-refractivity contribution in [1.29, 1.82) is 0 Å². The Balaban J connectivity index is 2.15. The van der Waals surface area contributed by atoms with E-state index in [1.54, 1.807) is 24.4 Å². The maximum atomic E-state index is 13.1. The monoisotopic (exact) mass is 754 g/mol. The molecule has 0 aliphatic rings. The van der Waals surface area contributed by atoms with Gasteiger partial charge in [0.05, 0.1) is 0 Å². The predicted molar refractivity (Wildman–Crippen MR) is 234 cm³/mol. The van der Waals surface area contributed by atoms with E-state index in [-0.39, 0.29) is 24.0 Å². The van der Waals surface area contributed by atoms with Crippen LogP contribution in [0.4, 0.5) is 0 Å². The Hall–Kier alpha value is -2.37. The molecule has 1 aromatic carbocycles. The van der Waals surface area contributed by atoms with Gasteiger partial charge in [0.15, 0.2) is 0 Å². The maximum absolute atomic E-state index is 13.1. The number of rotatable bonds is 40. The van der Waals surface area contributed by atoms with E-state index in [4.69, 9.17) is 0 Å². The molecule has 0 fully saturated rings. The molecule has 0 aromatic heterocycles. The summed E-state index contributed by atoms with van der Waals surface area (Å²) in [6.07, 6.45) is 44.7. The Labute approximate surface area is 334 Å². The zero-order chi connectivity index (χ0) is 39.0. The van der Waals surface area contributed by atoms with Gasteiger partial charge in [-0.1, -0.05) is 219 Å². The summed E-state index contributed by atoms with van der Waals surface area (Å²) in [6, 6.07) is 6.32. The lowest BCUT2D eigenvalue weighted by Gasteiger charge is -2.13. The fourth-order valence-electron chi connectivity index (χ4n) is 7.30. The summed E-state index contributed by atoms with van der Waals surface area (Å²) in [6.45, 7) is 5.88. The molecule has 1 aromatic rings. The van der Waals surface area contributed by atoms with Gasteiger partial charge in [0, 0.05) is 31.3 Å². The minimum atomic E-state index is -0.660. The molecular formula is C48H87N3O3. The Morgan fingerprint density at radius 2 is 0.889 bits per heavy atom. The summed E-state index contributed by atoms with van der Waals surface area (Å²) in [5, 5.41) is 16.3. The van der Waals surface area contributed by atoms with Crippen molar-refractivity contribution >= 4 is 18.0 Å². The number of carbonyl (C=O) groups excluding carboxylic acids is 2. The second-order valence-electron chi connectivity index (χ2n) is 16.1. The van der Waals surface area contributed by atoms with Crippen LogP contribution in [0.25, 0.3) is 0 Å². The average molecular weight is 754 g/mol. The highest BCUT2D eigenvalue weighted by Crippen LogP contribution is 2.17. The van der Waals surface area contributed by atoms with E-state index in [0.29, 0.717) is 25.1 Å². The highest BCUT2D eigenvalue weighted by Gasteiger charge is 2.18. The first kappa shape index (κ1) is 49.6. The van der Waals surface area contributed by atoms with E-state index in [1.807, 2.05) is 6.07 Å². The first-order valence-electron chi connectivity index (χ1n) is 23.4. The van der Waals surface area contributed by atoms with Crippen molar-refractivity contribution in [3.63, 3.8) is 0 Å². The van der Waals surface area contributed by atoms with E-state index in [9.17, 15) is 14.7 Å². The lowest BCUT2D eigenvalue weighted by Crippen LogP contribution is -2.35.